The van der Waals surface area contributed by atoms with E-state index in [0.29, 0.717) is 34.1 Å². The van der Waals surface area contributed by atoms with Crippen LogP contribution in [-0.4, -0.2) is 32.0 Å². The predicted molar refractivity (Wildman–Crippen MR) is 112 cm³/mol. The SMILES string of the molecule is COc1ccc(OCc2nnc(SC(C)c3nc(C)no3)n2-c2ccccc2F)cc1. The van der Waals surface area contributed by atoms with Gasteiger partial charge in [-0.25, -0.2) is 4.39 Å². The smallest absolute Gasteiger partial charge is 0.239 e. The lowest BCUT2D eigenvalue weighted by Gasteiger charge is -2.13. The number of ether oxygens (including phenoxy) is 2. The van der Waals surface area contributed by atoms with Crippen LogP contribution in [0.1, 0.15) is 29.7 Å². The third kappa shape index (κ3) is 4.69. The third-order valence-electron chi connectivity index (χ3n) is 4.39. The van der Waals surface area contributed by atoms with Gasteiger partial charge in [-0.05, 0) is 50.2 Å². The molecule has 10 heteroatoms. The molecule has 4 aromatic rings. The maximum atomic E-state index is 14.6. The number of methoxy groups -OCH3 is 1. The maximum absolute atomic E-state index is 14.6. The fourth-order valence-corrected chi connectivity index (χ4v) is 3.76. The summed E-state index contributed by atoms with van der Waals surface area (Å²) < 4.78 is 32.5. The van der Waals surface area contributed by atoms with E-state index in [2.05, 4.69) is 20.3 Å². The van der Waals surface area contributed by atoms with E-state index in [0.717, 1.165) is 5.75 Å². The van der Waals surface area contributed by atoms with Crippen LogP contribution in [-0.2, 0) is 6.61 Å². The summed E-state index contributed by atoms with van der Waals surface area (Å²) in [4.78, 5) is 4.26. The molecule has 1 unspecified atom stereocenters. The number of rotatable bonds is 8. The summed E-state index contributed by atoms with van der Waals surface area (Å²) in [7, 11) is 1.60. The zero-order valence-electron chi connectivity index (χ0n) is 17.2. The highest BCUT2D eigenvalue weighted by molar-refractivity contribution is 7.99. The minimum Gasteiger partial charge on any atom is -0.497 e. The molecule has 0 spiro atoms. The zero-order chi connectivity index (χ0) is 21.8. The Kier molecular flexibility index (Phi) is 6.17. The van der Waals surface area contributed by atoms with Gasteiger partial charge in [-0.3, -0.25) is 4.57 Å². The molecule has 2 heterocycles. The van der Waals surface area contributed by atoms with Crippen LogP contribution < -0.4 is 9.47 Å². The van der Waals surface area contributed by atoms with E-state index in [1.807, 2.05) is 6.92 Å². The van der Waals surface area contributed by atoms with E-state index < -0.39 is 5.82 Å². The van der Waals surface area contributed by atoms with Gasteiger partial charge in [0.25, 0.3) is 0 Å². The van der Waals surface area contributed by atoms with Crippen LogP contribution >= 0.6 is 11.8 Å². The average Bonchev–Trinajstić information content (AvgIpc) is 3.39. The van der Waals surface area contributed by atoms with Crippen molar-refractivity contribution in [3.63, 3.8) is 0 Å². The number of hydrogen-bond donors (Lipinski definition) is 0. The Morgan fingerprint density at radius 1 is 1.10 bits per heavy atom. The van der Waals surface area contributed by atoms with E-state index in [4.69, 9.17) is 14.0 Å². The number of hydrogen-bond acceptors (Lipinski definition) is 8. The van der Waals surface area contributed by atoms with Crippen LogP contribution in [0, 0.1) is 12.7 Å². The molecule has 0 fully saturated rings. The summed E-state index contributed by atoms with van der Waals surface area (Å²) in [5.41, 5.74) is 0.331. The summed E-state index contributed by atoms with van der Waals surface area (Å²) in [5, 5.41) is 12.6. The van der Waals surface area contributed by atoms with E-state index in [-0.39, 0.29) is 11.9 Å². The second-order valence-corrected chi connectivity index (χ2v) is 7.90. The van der Waals surface area contributed by atoms with E-state index in [1.54, 1.807) is 61.1 Å². The van der Waals surface area contributed by atoms with Gasteiger partial charge in [-0.1, -0.05) is 29.1 Å². The predicted octanol–water partition coefficient (Wildman–Crippen LogP) is 4.54. The Labute approximate surface area is 182 Å². The maximum Gasteiger partial charge on any atom is 0.239 e. The van der Waals surface area contributed by atoms with Gasteiger partial charge in [-0.15, -0.1) is 10.2 Å². The van der Waals surface area contributed by atoms with Gasteiger partial charge >= 0.3 is 0 Å². The summed E-state index contributed by atoms with van der Waals surface area (Å²) in [6.07, 6.45) is 0. The van der Waals surface area contributed by atoms with Crippen molar-refractivity contribution in [2.24, 2.45) is 0 Å². The Bertz CT molecular complexity index is 1160. The minimum atomic E-state index is -0.392. The molecular formula is C21H20FN5O3S. The first-order chi connectivity index (χ1) is 15.0. The highest BCUT2D eigenvalue weighted by Crippen LogP contribution is 2.35. The number of para-hydroxylation sites is 1. The summed E-state index contributed by atoms with van der Waals surface area (Å²) in [6.45, 7) is 3.76. The van der Waals surface area contributed by atoms with Gasteiger partial charge in [-0.2, -0.15) is 4.98 Å². The third-order valence-corrected chi connectivity index (χ3v) is 5.42. The molecule has 2 aromatic heterocycles. The quantitative estimate of drug-likeness (QED) is 0.368. The molecular weight excluding hydrogens is 421 g/mol. The summed E-state index contributed by atoms with van der Waals surface area (Å²) in [5.74, 6) is 2.43. The van der Waals surface area contributed by atoms with Crippen molar-refractivity contribution in [3.05, 3.63) is 71.9 Å². The van der Waals surface area contributed by atoms with Crippen molar-refractivity contribution in [1.82, 2.24) is 24.9 Å². The van der Waals surface area contributed by atoms with Crippen LogP contribution in [0.15, 0.2) is 58.2 Å². The Hall–Kier alpha value is -3.40. The van der Waals surface area contributed by atoms with Gasteiger partial charge < -0.3 is 14.0 Å². The highest BCUT2D eigenvalue weighted by atomic mass is 32.2. The first kappa shape index (κ1) is 20.9. The van der Waals surface area contributed by atoms with Crippen LogP contribution in [0.25, 0.3) is 5.69 Å². The molecule has 0 aliphatic carbocycles. The average molecular weight is 441 g/mol. The first-order valence-electron chi connectivity index (χ1n) is 9.48. The topological polar surface area (TPSA) is 88.1 Å². The Morgan fingerprint density at radius 3 is 2.52 bits per heavy atom. The Balaban J connectivity index is 1.62. The highest BCUT2D eigenvalue weighted by Gasteiger charge is 2.22. The molecule has 1 atom stereocenters. The summed E-state index contributed by atoms with van der Waals surface area (Å²) >= 11 is 1.34. The molecule has 0 bridgehead atoms. The molecule has 2 aromatic carbocycles. The fraction of sp³-hybridized carbons (Fsp3) is 0.238. The Morgan fingerprint density at radius 2 is 1.84 bits per heavy atom. The number of benzene rings is 2. The first-order valence-corrected chi connectivity index (χ1v) is 10.4. The van der Waals surface area contributed by atoms with Gasteiger partial charge in [0.15, 0.2) is 16.8 Å². The van der Waals surface area contributed by atoms with E-state index in [1.165, 1.54) is 17.8 Å². The molecule has 0 saturated heterocycles. The number of nitrogens with zero attached hydrogens (tertiary/aromatic N) is 5. The number of aromatic nitrogens is 5. The molecule has 0 aliphatic heterocycles. The lowest BCUT2D eigenvalue weighted by molar-refractivity contribution is 0.292. The summed E-state index contributed by atoms with van der Waals surface area (Å²) in [6, 6.07) is 13.6. The van der Waals surface area contributed by atoms with Crippen molar-refractivity contribution in [1.29, 1.82) is 0 Å². The molecule has 4 rings (SSSR count). The molecule has 0 N–H and O–H groups in total. The van der Waals surface area contributed by atoms with Crippen LogP contribution in [0.2, 0.25) is 0 Å². The van der Waals surface area contributed by atoms with Gasteiger partial charge in [0.05, 0.1) is 18.0 Å². The minimum absolute atomic E-state index is 0.0995. The second-order valence-electron chi connectivity index (χ2n) is 6.59. The molecule has 0 aliphatic rings. The normalized spacial score (nSPS) is 12.0. The lowest BCUT2D eigenvalue weighted by Crippen LogP contribution is -2.08. The van der Waals surface area contributed by atoms with Crippen LogP contribution in [0.4, 0.5) is 4.39 Å². The van der Waals surface area contributed by atoms with Crippen LogP contribution in [0.5, 0.6) is 11.5 Å². The number of thioether (sulfide) groups is 1. The van der Waals surface area contributed by atoms with Gasteiger partial charge in [0, 0.05) is 0 Å². The molecule has 31 heavy (non-hydrogen) atoms. The van der Waals surface area contributed by atoms with Crippen molar-refractivity contribution in [2.75, 3.05) is 7.11 Å². The van der Waals surface area contributed by atoms with Crippen molar-refractivity contribution < 1.29 is 18.4 Å². The largest absolute Gasteiger partial charge is 0.497 e. The monoisotopic (exact) mass is 441 g/mol. The molecule has 0 saturated carbocycles. The fourth-order valence-electron chi connectivity index (χ4n) is 2.85. The zero-order valence-corrected chi connectivity index (χ0v) is 18.0. The van der Waals surface area contributed by atoms with E-state index >= 15 is 0 Å². The van der Waals surface area contributed by atoms with Crippen molar-refractivity contribution >= 4 is 11.8 Å². The number of halogens is 1. The van der Waals surface area contributed by atoms with Crippen LogP contribution in [0.3, 0.4) is 0 Å². The van der Waals surface area contributed by atoms with Gasteiger partial charge in [0.1, 0.15) is 23.9 Å². The number of aryl methyl sites for hydroxylation is 1. The van der Waals surface area contributed by atoms with Crippen molar-refractivity contribution in [2.45, 2.75) is 30.9 Å². The van der Waals surface area contributed by atoms with Gasteiger partial charge in [0.2, 0.25) is 5.89 Å². The molecule has 8 nitrogen and oxygen atoms in total. The van der Waals surface area contributed by atoms with Crippen molar-refractivity contribution in [3.8, 4) is 17.2 Å². The lowest BCUT2D eigenvalue weighted by atomic mass is 10.3. The van der Waals surface area contributed by atoms with E-state index in [9.17, 15) is 4.39 Å². The molecule has 160 valence electrons. The molecule has 0 amide bonds. The molecule has 0 radical (unpaired) electrons. The standard InChI is InChI=1S/C21H20FN5O3S/c1-13(20-23-14(2)26-30-20)31-21-25-24-19(27(21)18-7-5-4-6-17(18)22)12-29-16-10-8-15(28-3)9-11-16/h4-11,13H,12H2,1-3H3. The second kappa shape index (κ2) is 9.17.